The second kappa shape index (κ2) is 5.86. The molecule has 3 aromatic rings. The maximum Gasteiger partial charge on any atom is 0.208 e. The topological polar surface area (TPSA) is 76.9 Å². The lowest BCUT2D eigenvalue weighted by Crippen LogP contribution is -2.26. The largest absolute Gasteiger partial charge is 0.307 e. The number of fused-ring (bicyclic) bond motifs is 1. The third-order valence-corrected chi connectivity index (χ3v) is 3.96. The fourth-order valence-corrected chi connectivity index (χ4v) is 2.78. The van der Waals surface area contributed by atoms with Crippen molar-refractivity contribution in [2.75, 3.05) is 12.8 Å². The van der Waals surface area contributed by atoms with E-state index in [0.717, 1.165) is 28.8 Å². The molecule has 1 N–H and O–H groups in total. The number of sulfonamides is 1. The van der Waals surface area contributed by atoms with Gasteiger partial charge in [0.05, 0.1) is 6.26 Å². The van der Waals surface area contributed by atoms with E-state index >= 15 is 0 Å². The zero-order valence-corrected chi connectivity index (χ0v) is 12.9. The van der Waals surface area contributed by atoms with Crippen LogP contribution >= 0.6 is 0 Å². The van der Waals surface area contributed by atoms with E-state index in [1.54, 1.807) is 6.20 Å². The molecule has 0 bridgehead atoms. The van der Waals surface area contributed by atoms with Crippen LogP contribution in [0.1, 0.15) is 0 Å². The molecule has 0 saturated heterocycles. The molecule has 0 spiro atoms. The average Bonchev–Trinajstić information content (AvgIpc) is 2.86. The van der Waals surface area contributed by atoms with E-state index in [1.807, 2.05) is 47.0 Å². The highest BCUT2D eigenvalue weighted by Crippen LogP contribution is 2.23. The summed E-state index contributed by atoms with van der Waals surface area (Å²) in [6, 6.07) is 13.5. The van der Waals surface area contributed by atoms with Crippen LogP contribution in [-0.2, 0) is 16.6 Å². The SMILES string of the molecule is CS(=O)(=O)NCCn1c(-c2ccccc2)nc2cccnc21. The van der Waals surface area contributed by atoms with Gasteiger partial charge in [0.15, 0.2) is 5.65 Å². The molecule has 3 rings (SSSR count). The van der Waals surface area contributed by atoms with Gasteiger partial charge in [0.1, 0.15) is 11.3 Å². The van der Waals surface area contributed by atoms with Gasteiger partial charge in [-0.3, -0.25) is 0 Å². The molecule has 0 saturated carbocycles. The average molecular weight is 316 g/mol. The Morgan fingerprint density at radius 1 is 1.14 bits per heavy atom. The van der Waals surface area contributed by atoms with Gasteiger partial charge in [0.2, 0.25) is 10.0 Å². The Labute approximate surface area is 128 Å². The Morgan fingerprint density at radius 3 is 2.64 bits per heavy atom. The summed E-state index contributed by atoms with van der Waals surface area (Å²) >= 11 is 0. The van der Waals surface area contributed by atoms with Crippen molar-refractivity contribution in [1.82, 2.24) is 19.3 Å². The highest BCUT2D eigenvalue weighted by molar-refractivity contribution is 7.88. The van der Waals surface area contributed by atoms with Gasteiger partial charge < -0.3 is 4.57 Å². The minimum absolute atomic E-state index is 0.292. The molecular weight excluding hydrogens is 300 g/mol. The molecule has 2 heterocycles. The van der Waals surface area contributed by atoms with Gasteiger partial charge in [-0.05, 0) is 12.1 Å². The van der Waals surface area contributed by atoms with E-state index < -0.39 is 10.0 Å². The van der Waals surface area contributed by atoms with Crippen LogP contribution in [0.2, 0.25) is 0 Å². The predicted molar refractivity (Wildman–Crippen MR) is 85.8 cm³/mol. The molecule has 0 atom stereocenters. The van der Waals surface area contributed by atoms with E-state index in [9.17, 15) is 8.42 Å². The summed E-state index contributed by atoms with van der Waals surface area (Å²) in [5.74, 6) is 0.782. The van der Waals surface area contributed by atoms with Crippen molar-refractivity contribution < 1.29 is 8.42 Å². The van der Waals surface area contributed by atoms with Crippen molar-refractivity contribution in [2.45, 2.75) is 6.54 Å². The van der Waals surface area contributed by atoms with Crippen LogP contribution in [0.3, 0.4) is 0 Å². The van der Waals surface area contributed by atoms with Crippen molar-refractivity contribution >= 4 is 21.2 Å². The number of nitrogens with zero attached hydrogens (tertiary/aromatic N) is 3. The summed E-state index contributed by atoms with van der Waals surface area (Å²) in [5, 5.41) is 0. The summed E-state index contributed by atoms with van der Waals surface area (Å²) in [7, 11) is -3.21. The van der Waals surface area contributed by atoms with E-state index in [0.29, 0.717) is 13.1 Å². The molecule has 0 aliphatic heterocycles. The minimum Gasteiger partial charge on any atom is -0.307 e. The highest BCUT2D eigenvalue weighted by Gasteiger charge is 2.13. The van der Waals surface area contributed by atoms with Gasteiger partial charge in [0.25, 0.3) is 0 Å². The maximum atomic E-state index is 11.2. The Bertz CT molecular complexity index is 888. The predicted octanol–water partition coefficient (Wildman–Crippen LogP) is 1.65. The van der Waals surface area contributed by atoms with E-state index in [-0.39, 0.29) is 0 Å². The number of pyridine rings is 1. The number of nitrogens with one attached hydrogen (secondary N) is 1. The first-order chi connectivity index (χ1) is 10.5. The zero-order chi connectivity index (χ0) is 15.6. The van der Waals surface area contributed by atoms with Crippen molar-refractivity contribution in [2.24, 2.45) is 0 Å². The second-order valence-corrected chi connectivity index (χ2v) is 6.80. The quantitative estimate of drug-likeness (QED) is 0.776. The summed E-state index contributed by atoms with van der Waals surface area (Å²) in [5.41, 5.74) is 2.51. The number of benzene rings is 1. The van der Waals surface area contributed by atoms with Gasteiger partial charge in [-0.25, -0.2) is 23.1 Å². The molecule has 0 aliphatic carbocycles. The molecule has 0 aliphatic rings. The third-order valence-electron chi connectivity index (χ3n) is 3.24. The number of aromatic nitrogens is 3. The van der Waals surface area contributed by atoms with Crippen LogP contribution in [-0.4, -0.2) is 35.8 Å². The summed E-state index contributed by atoms with van der Waals surface area (Å²) in [4.78, 5) is 8.99. The van der Waals surface area contributed by atoms with Crippen LogP contribution in [0.5, 0.6) is 0 Å². The van der Waals surface area contributed by atoms with Crippen LogP contribution in [0.15, 0.2) is 48.7 Å². The van der Waals surface area contributed by atoms with E-state index in [1.165, 1.54) is 0 Å². The third kappa shape index (κ3) is 3.15. The van der Waals surface area contributed by atoms with Crippen LogP contribution in [0.25, 0.3) is 22.6 Å². The summed E-state index contributed by atoms with van der Waals surface area (Å²) in [6.45, 7) is 0.755. The van der Waals surface area contributed by atoms with Gasteiger partial charge in [-0.15, -0.1) is 0 Å². The van der Waals surface area contributed by atoms with Gasteiger partial charge in [0, 0.05) is 24.8 Å². The molecule has 6 nitrogen and oxygen atoms in total. The Kier molecular flexibility index (Phi) is 3.91. The Morgan fingerprint density at radius 2 is 1.91 bits per heavy atom. The number of imidazole rings is 1. The van der Waals surface area contributed by atoms with Crippen molar-refractivity contribution in [3.8, 4) is 11.4 Å². The van der Waals surface area contributed by atoms with Gasteiger partial charge in [-0.1, -0.05) is 30.3 Å². The van der Waals surface area contributed by atoms with Crippen molar-refractivity contribution in [3.63, 3.8) is 0 Å². The van der Waals surface area contributed by atoms with Crippen molar-refractivity contribution in [1.29, 1.82) is 0 Å². The minimum atomic E-state index is -3.21. The monoisotopic (exact) mass is 316 g/mol. The number of hydrogen-bond acceptors (Lipinski definition) is 4. The van der Waals surface area contributed by atoms with Crippen LogP contribution in [0, 0.1) is 0 Å². The van der Waals surface area contributed by atoms with Crippen LogP contribution in [0.4, 0.5) is 0 Å². The van der Waals surface area contributed by atoms with E-state index in [4.69, 9.17) is 0 Å². The molecule has 114 valence electrons. The summed E-state index contributed by atoms with van der Waals surface area (Å²) < 4.78 is 26.9. The Hall–Kier alpha value is -2.25. The molecule has 1 aromatic carbocycles. The molecule has 0 fully saturated rings. The fraction of sp³-hybridized carbons (Fsp3) is 0.200. The second-order valence-electron chi connectivity index (χ2n) is 4.97. The number of rotatable bonds is 5. The lowest BCUT2D eigenvalue weighted by molar-refractivity contribution is 0.580. The standard InChI is InChI=1S/C15H16N4O2S/c1-22(20,21)17-10-11-19-14(12-6-3-2-4-7-12)18-13-8-5-9-16-15(13)19/h2-9,17H,10-11H2,1H3. The zero-order valence-electron chi connectivity index (χ0n) is 12.1. The van der Waals surface area contributed by atoms with Crippen molar-refractivity contribution in [3.05, 3.63) is 48.7 Å². The number of hydrogen-bond donors (Lipinski definition) is 1. The Balaban J connectivity index is 2.02. The summed E-state index contributed by atoms with van der Waals surface area (Å²) in [6.07, 6.45) is 2.86. The molecular formula is C15H16N4O2S. The van der Waals surface area contributed by atoms with Gasteiger partial charge >= 0.3 is 0 Å². The molecule has 22 heavy (non-hydrogen) atoms. The maximum absolute atomic E-state index is 11.2. The molecule has 0 radical (unpaired) electrons. The lowest BCUT2D eigenvalue weighted by Gasteiger charge is -2.09. The smallest absolute Gasteiger partial charge is 0.208 e. The van der Waals surface area contributed by atoms with Crippen LogP contribution < -0.4 is 4.72 Å². The first kappa shape index (κ1) is 14.7. The fourth-order valence-electron chi connectivity index (χ4n) is 2.32. The molecule has 0 unspecified atom stereocenters. The molecule has 7 heteroatoms. The lowest BCUT2D eigenvalue weighted by atomic mass is 10.2. The highest BCUT2D eigenvalue weighted by atomic mass is 32.2. The van der Waals surface area contributed by atoms with E-state index in [2.05, 4.69) is 14.7 Å². The normalized spacial score (nSPS) is 11.9. The molecule has 2 aromatic heterocycles. The first-order valence-electron chi connectivity index (χ1n) is 6.86. The first-order valence-corrected chi connectivity index (χ1v) is 8.75. The molecule has 0 amide bonds. The van der Waals surface area contributed by atoms with Gasteiger partial charge in [-0.2, -0.15) is 0 Å².